The van der Waals surface area contributed by atoms with Gasteiger partial charge >= 0.3 is 0 Å². The van der Waals surface area contributed by atoms with Crippen molar-refractivity contribution in [2.45, 2.75) is 45.7 Å². The third-order valence-electron chi connectivity index (χ3n) is 2.38. The number of rotatable bonds is 5. The molecule has 1 atom stereocenters. The molecule has 0 aromatic heterocycles. The maximum atomic E-state index is 9.44. The van der Waals surface area contributed by atoms with Crippen LogP contribution in [0.1, 0.15) is 45.2 Å². The molecule has 0 bridgehead atoms. The van der Waals surface area contributed by atoms with Crippen LogP contribution in [0.25, 0.3) is 0 Å². The number of nitrogens with one attached hydrogen (secondary N) is 1. The Kier molecular flexibility index (Phi) is 4.63. The summed E-state index contributed by atoms with van der Waals surface area (Å²) >= 11 is 0. The van der Waals surface area contributed by atoms with Crippen LogP contribution in [0.2, 0.25) is 0 Å². The number of aromatic hydroxyl groups is 1. The van der Waals surface area contributed by atoms with E-state index in [9.17, 15) is 5.11 Å². The van der Waals surface area contributed by atoms with E-state index in [0.717, 1.165) is 12.8 Å². The van der Waals surface area contributed by atoms with Crippen LogP contribution in [-0.2, 0) is 0 Å². The predicted octanol–water partition coefficient (Wildman–Crippen LogP) is 3.23. The zero-order valence-electron chi connectivity index (χ0n) is 9.83. The number of hydrogen-bond acceptors (Lipinski definition) is 2. The molecule has 0 aliphatic rings. The van der Waals surface area contributed by atoms with Gasteiger partial charge in [-0.05, 0) is 24.1 Å². The van der Waals surface area contributed by atoms with Crippen molar-refractivity contribution in [2.24, 2.45) is 0 Å². The molecule has 0 saturated carbocycles. The van der Waals surface area contributed by atoms with Crippen LogP contribution in [0.5, 0.6) is 5.75 Å². The van der Waals surface area contributed by atoms with Crippen LogP contribution in [0.3, 0.4) is 0 Å². The SMILES string of the molecule is CCCC(NC(C)C)c1cccc(O)c1. The number of benzene rings is 1. The smallest absolute Gasteiger partial charge is 0.115 e. The molecule has 0 saturated heterocycles. The molecule has 2 nitrogen and oxygen atoms in total. The lowest BCUT2D eigenvalue weighted by molar-refractivity contribution is 0.441. The first kappa shape index (κ1) is 12.1. The third-order valence-corrected chi connectivity index (χ3v) is 2.38. The average Bonchev–Trinajstić information content (AvgIpc) is 2.16. The molecule has 0 aliphatic heterocycles. The van der Waals surface area contributed by atoms with E-state index in [1.54, 1.807) is 6.07 Å². The highest BCUT2D eigenvalue weighted by molar-refractivity contribution is 5.29. The quantitative estimate of drug-likeness (QED) is 0.777. The molecule has 1 aromatic carbocycles. The normalized spacial score (nSPS) is 13.1. The monoisotopic (exact) mass is 207 g/mol. The Labute approximate surface area is 92.3 Å². The number of phenols is 1. The standard InChI is InChI=1S/C13H21NO/c1-4-6-13(14-10(2)3)11-7-5-8-12(15)9-11/h5,7-10,13-15H,4,6H2,1-3H3. The Morgan fingerprint density at radius 2 is 2.07 bits per heavy atom. The molecule has 1 rings (SSSR count). The second-order valence-electron chi connectivity index (χ2n) is 4.26. The van der Waals surface area contributed by atoms with E-state index in [0.29, 0.717) is 17.8 Å². The minimum atomic E-state index is 0.346. The summed E-state index contributed by atoms with van der Waals surface area (Å²) in [6.45, 7) is 6.47. The maximum absolute atomic E-state index is 9.44. The van der Waals surface area contributed by atoms with Crippen molar-refractivity contribution in [1.82, 2.24) is 5.32 Å². The Bertz CT molecular complexity index is 296. The summed E-state index contributed by atoms with van der Waals surface area (Å²) in [4.78, 5) is 0. The lowest BCUT2D eigenvalue weighted by atomic mass is 10.0. The fraction of sp³-hybridized carbons (Fsp3) is 0.538. The van der Waals surface area contributed by atoms with Gasteiger partial charge in [0.25, 0.3) is 0 Å². The number of hydrogen-bond donors (Lipinski definition) is 2. The van der Waals surface area contributed by atoms with Gasteiger partial charge in [0.2, 0.25) is 0 Å². The van der Waals surface area contributed by atoms with E-state index < -0.39 is 0 Å². The van der Waals surface area contributed by atoms with Gasteiger partial charge in [0.15, 0.2) is 0 Å². The van der Waals surface area contributed by atoms with Gasteiger partial charge in [0, 0.05) is 12.1 Å². The average molecular weight is 207 g/mol. The van der Waals surface area contributed by atoms with Gasteiger partial charge in [-0.1, -0.05) is 39.3 Å². The summed E-state index contributed by atoms with van der Waals surface area (Å²) in [7, 11) is 0. The van der Waals surface area contributed by atoms with Crippen molar-refractivity contribution in [2.75, 3.05) is 0 Å². The van der Waals surface area contributed by atoms with Crippen LogP contribution < -0.4 is 5.32 Å². The Hall–Kier alpha value is -1.02. The van der Waals surface area contributed by atoms with Crippen LogP contribution in [0.4, 0.5) is 0 Å². The Morgan fingerprint density at radius 1 is 1.33 bits per heavy atom. The van der Waals surface area contributed by atoms with Crippen molar-refractivity contribution in [3.63, 3.8) is 0 Å². The fourth-order valence-corrected chi connectivity index (χ4v) is 1.78. The first-order chi connectivity index (χ1) is 7.13. The van der Waals surface area contributed by atoms with E-state index in [1.165, 1.54) is 5.56 Å². The Balaban J connectivity index is 2.78. The van der Waals surface area contributed by atoms with Crippen molar-refractivity contribution in [3.05, 3.63) is 29.8 Å². The van der Waals surface area contributed by atoms with Crippen molar-refractivity contribution in [3.8, 4) is 5.75 Å². The topological polar surface area (TPSA) is 32.3 Å². The lowest BCUT2D eigenvalue weighted by Crippen LogP contribution is -2.28. The molecule has 84 valence electrons. The second kappa shape index (κ2) is 5.76. The van der Waals surface area contributed by atoms with Gasteiger partial charge < -0.3 is 10.4 Å². The molecular weight excluding hydrogens is 186 g/mol. The molecule has 0 aliphatic carbocycles. The summed E-state index contributed by atoms with van der Waals surface area (Å²) in [6.07, 6.45) is 2.24. The highest BCUT2D eigenvalue weighted by Crippen LogP contribution is 2.22. The molecule has 2 heteroatoms. The Morgan fingerprint density at radius 3 is 2.60 bits per heavy atom. The van der Waals surface area contributed by atoms with Gasteiger partial charge in [-0.15, -0.1) is 0 Å². The highest BCUT2D eigenvalue weighted by Gasteiger charge is 2.11. The van der Waals surface area contributed by atoms with Gasteiger partial charge in [-0.3, -0.25) is 0 Å². The largest absolute Gasteiger partial charge is 0.508 e. The molecule has 0 amide bonds. The number of phenolic OH excluding ortho intramolecular Hbond substituents is 1. The van der Waals surface area contributed by atoms with Crippen LogP contribution >= 0.6 is 0 Å². The zero-order valence-corrected chi connectivity index (χ0v) is 9.83. The fourth-order valence-electron chi connectivity index (χ4n) is 1.78. The molecule has 0 spiro atoms. The molecule has 0 heterocycles. The van der Waals surface area contributed by atoms with Crippen molar-refractivity contribution < 1.29 is 5.11 Å². The van der Waals surface area contributed by atoms with E-state index in [1.807, 2.05) is 12.1 Å². The van der Waals surface area contributed by atoms with E-state index in [-0.39, 0.29) is 0 Å². The van der Waals surface area contributed by atoms with Crippen molar-refractivity contribution >= 4 is 0 Å². The summed E-state index contributed by atoms with van der Waals surface area (Å²) in [5, 5.41) is 12.9. The van der Waals surface area contributed by atoms with Gasteiger partial charge in [0.1, 0.15) is 5.75 Å². The molecule has 0 fully saturated rings. The maximum Gasteiger partial charge on any atom is 0.115 e. The molecule has 2 N–H and O–H groups in total. The molecular formula is C13H21NO. The van der Waals surface area contributed by atoms with Crippen LogP contribution in [-0.4, -0.2) is 11.1 Å². The van der Waals surface area contributed by atoms with E-state index in [2.05, 4.69) is 32.2 Å². The van der Waals surface area contributed by atoms with Crippen molar-refractivity contribution in [1.29, 1.82) is 0 Å². The summed E-state index contributed by atoms with van der Waals surface area (Å²) in [5.41, 5.74) is 1.17. The lowest BCUT2D eigenvalue weighted by Gasteiger charge is -2.21. The van der Waals surface area contributed by atoms with E-state index >= 15 is 0 Å². The summed E-state index contributed by atoms with van der Waals surface area (Å²) in [6, 6.07) is 8.33. The van der Waals surface area contributed by atoms with Gasteiger partial charge in [0.05, 0.1) is 0 Å². The molecule has 1 aromatic rings. The first-order valence-electron chi connectivity index (χ1n) is 5.68. The van der Waals surface area contributed by atoms with E-state index in [4.69, 9.17) is 0 Å². The molecule has 1 unspecified atom stereocenters. The first-order valence-corrected chi connectivity index (χ1v) is 5.68. The van der Waals surface area contributed by atoms with Gasteiger partial charge in [-0.2, -0.15) is 0 Å². The highest BCUT2D eigenvalue weighted by atomic mass is 16.3. The third kappa shape index (κ3) is 3.92. The van der Waals surface area contributed by atoms with Crippen LogP contribution in [0.15, 0.2) is 24.3 Å². The summed E-state index contributed by atoms with van der Waals surface area (Å²) < 4.78 is 0. The zero-order chi connectivity index (χ0) is 11.3. The van der Waals surface area contributed by atoms with Gasteiger partial charge in [-0.25, -0.2) is 0 Å². The molecule has 15 heavy (non-hydrogen) atoms. The second-order valence-corrected chi connectivity index (χ2v) is 4.26. The minimum absolute atomic E-state index is 0.346. The summed E-state index contributed by atoms with van der Waals surface area (Å²) in [5.74, 6) is 0.346. The molecule has 0 radical (unpaired) electrons. The minimum Gasteiger partial charge on any atom is -0.508 e. The van der Waals surface area contributed by atoms with Crippen LogP contribution in [0, 0.1) is 0 Å². The predicted molar refractivity (Wildman–Crippen MR) is 64.0 cm³/mol.